The van der Waals surface area contributed by atoms with Crippen LogP contribution >= 0.6 is 0 Å². The summed E-state index contributed by atoms with van der Waals surface area (Å²) < 4.78 is 5.03. The van der Waals surface area contributed by atoms with Gasteiger partial charge >= 0.3 is 5.97 Å². The molecular weight excluding hydrogens is 294 g/mol. The van der Waals surface area contributed by atoms with Crippen LogP contribution < -0.4 is 5.32 Å². The Balaban J connectivity index is 2.45. The summed E-state index contributed by atoms with van der Waals surface area (Å²) in [7, 11) is 0. The summed E-state index contributed by atoms with van der Waals surface area (Å²) in [5.41, 5.74) is -0.0257. The zero-order chi connectivity index (χ0) is 17.7. The minimum atomic E-state index is -1.38. The summed E-state index contributed by atoms with van der Waals surface area (Å²) in [4.78, 5) is 24.0. The van der Waals surface area contributed by atoms with Crippen LogP contribution in [0.25, 0.3) is 0 Å². The first kappa shape index (κ1) is 19.2. The normalized spacial score (nSPS) is 13.3. The van der Waals surface area contributed by atoms with Gasteiger partial charge in [0.25, 0.3) is 0 Å². The van der Waals surface area contributed by atoms with Crippen molar-refractivity contribution in [2.75, 3.05) is 6.54 Å². The number of rotatable bonds is 6. The zero-order valence-corrected chi connectivity index (χ0v) is 14.6. The molecule has 0 spiro atoms. The molecule has 1 rings (SSSR count). The number of aliphatic hydroxyl groups excluding tert-OH is 1. The van der Waals surface area contributed by atoms with Gasteiger partial charge in [-0.15, -0.1) is 0 Å². The second kappa shape index (κ2) is 7.59. The van der Waals surface area contributed by atoms with E-state index in [-0.39, 0.29) is 24.5 Å². The summed E-state index contributed by atoms with van der Waals surface area (Å²) in [6, 6.07) is 9.20. The number of hydrogen-bond acceptors (Lipinski definition) is 4. The monoisotopic (exact) mass is 321 g/mol. The van der Waals surface area contributed by atoms with Gasteiger partial charge in [-0.2, -0.15) is 0 Å². The third-order valence-electron chi connectivity index (χ3n) is 4.39. The highest BCUT2D eigenvalue weighted by atomic mass is 16.5. The van der Waals surface area contributed by atoms with Gasteiger partial charge in [0, 0.05) is 5.41 Å². The van der Waals surface area contributed by atoms with Gasteiger partial charge in [0.15, 0.2) is 6.10 Å². The van der Waals surface area contributed by atoms with Crippen molar-refractivity contribution in [1.82, 2.24) is 5.32 Å². The predicted molar refractivity (Wildman–Crippen MR) is 88.5 cm³/mol. The number of carbonyl (C=O) groups excluding carboxylic acids is 2. The molecule has 0 radical (unpaired) electrons. The van der Waals surface area contributed by atoms with E-state index in [1.54, 1.807) is 0 Å². The number of nitrogens with one attached hydrogen (secondary N) is 1. The second-order valence-corrected chi connectivity index (χ2v) is 7.19. The molecule has 1 aromatic carbocycles. The van der Waals surface area contributed by atoms with Crippen LogP contribution in [0.1, 0.15) is 40.2 Å². The maximum atomic E-state index is 12.2. The molecule has 5 heteroatoms. The number of aliphatic hydroxyl groups is 1. The highest BCUT2D eigenvalue weighted by molar-refractivity contribution is 5.83. The average molecular weight is 321 g/mol. The van der Waals surface area contributed by atoms with Crippen molar-refractivity contribution >= 4 is 11.9 Å². The van der Waals surface area contributed by atoms with Gasteiger partial charge in [-0.05, 0) is 11.0 Å². The van der Waals surface area contributed by atoms with Gasteiger partial charge in [-0.25, -0.2) is 4.79 Å². The lowest BCUT2D eigenvalue weighted by molar-refractivity contribution is -0.155. The Morgan fingerprint density at radius 1 is 1.13 bits per heavy atom. The number of carbonyl (C=O) groups is 2. The lowest BCUT2D eigenvalue weighted by Crippen LogP contribution is -2.48. The van der Waals surface area contributed by atoms with Gasteiger partial charge < -0.3 is 15.2 Å². The fraction of sp³-hybridized carbons (Fsp3) is 0.556. The molecule has 0 aliphatic heterocycles. The quantitative estimate of drug-likeness (QED) is 0.788. The first-order valence-electron chi connectivity index (χ1n) is 7.72. The maximum absolute atomic E-state index is 12.2. The molecule has 0 unspecified atom stereocenters. The highest BCUT2D eigenvalue weighted by Gasteiger charge is 2.39. The topological polar surface area (TPSA) is 75.6 Å². The summed E-state index contributed by atoms with van der Waals surface area (Å²) in [6.45, 7) is 9.51. The number of benzene rings is 1. The van der Waals surface area contributed by atoms with Gasteiger partial charge in [0.2, 0.25) is 5.91 Å². The summed E-state index contributed by atoms with van der Waals surface area (Å²) in [5.74, 6) is -0.956. The molecule has 23 heavy (non-hydrogen) atoms. The number of esters is 1. The Morgan fingerprint density at radius 2 is 1.70 bits per heavy atom. The molecule has 0 aliphatic rings. The molecular formula is C18H27NO4. The molecule has 0 saturated heterocycles. The van der Waals surface area contributed by atoms with E-state index < -0.39 is 17.5 Å². The van der Waals surface area contributed by atoms with Crippen LogP contribution in [0.3, 0.4) is 0 Å². The molecule has 0 saturated carbocycles. The molecule has 5 nitrogen and oxygen atoms in total. The molecule has 0 bridgehead atoms. The van der Waals surface area contributed by atoms with Crippen LogP contribution in [0.15, 0.2) is 30.3 Å². The van der Waals surface area contributed by atoms with Crippen LogP contribution in [0, 0.1) is 10.8 Å². The molecule has 1 aromatic rings. The molecule has 0 heterocycles. The average Bonchev–Trinajstić information content (AvgIpc) is 2.49. The van der Waals surface area contributed by atoms with Crippen molar-refractivity contribution in [2.24, 2.45) is 10.8 Å². The summed E-state index contributed by atoms with van der Waals surface area (Å²) in [5, 5.41) is 12.4. The highest BCUT2D eigenvalue weighted by Crippen LogP contribution is 2.37. The van der Waals surface area contributed by atoms with E-state index in [9.17, 15) is 14.7 Å². The number of amides is 1. The van der Waals surface area contributed by atoms with Crippen LogP contribution in [0.5, 0.6) is 0 Å². The van der Waals surface area contributed by atoms with Crippen LogP contribution in [0.4, 0.5) is 0 Å². The number of hydrogen-bond donors (Lipinski definition) is 2. The molecule has 0 aliphatic carbocycles. The van der Waals surface area contributed by atoms with Crippen molar-refractivity contribution in [3.05, 3.63) is 35.9 Å². The molecule has 1 atom stereocenters. The van der Waals surface area contributed by atoms with Gasteiger partial charge in [0.05, 0.1) is 6.54 Å². The van der Waals surface area contributed by atoms with Gasteiger partial charge in [0.1, 0.15) is 6.61 Å². The van der Waals surface area contributed by atoms with E-state index >= 15 is 0 Å². The lowest BCUT2D eigenvalue weighted by atomic mass is 9.69. The zero-order valence-electron chi connectivity index (χ0n) is 14.6. The minimum absolute atomic E-state index is 0.0954. The molecule has 1 amide bonds. The smallest absolute Gasteiger partial charge is 0.337 e. The Bertz CT molecular complexity index is 532. The fourth-order valence-corrected chi connectivity index (χ4v) is 1.66. The Labute approximate surface area is 138 Å². The van der Waals surface area contributed by atoms with E-state index in [1.165, 1.54) is 0 Å². The number of ether oxygens (including phenoxy) is 1. The van der Waals surface area contributed by atoms with Crippen LogP contribution in [-0.2, 0) is 20.9 Å². The minimum Gasteiger partial charge on any atom is -0.459 e. The van der Waals surface area contributed by atoms with Crippen LogP contribution in [0.2, 0.25) is 0 Å². The van der Waals surface area contributed by atoms with E-state index in [0.717, 1.165) is 5.56 Å². The van der Waals surface area contributed by atoms with Crippen molar-refractivity contribution in [1.29, 1.82) is 0 Å². The summed E-state index contributed by atoms with van der Waals surface area (Å²) in [6.07, 6.45) is -1.38. The van der Waals surface area contributed by atoms with Crippen molar-refractivity contribution in [2.45, 2.75) is 47.3 Å². The standard InChI is InChI=1S/C18H27NO4/c1-17(2,3)18(4,5)16(22)19-11-14(20)15(21)23-12-13-9-7-6-8-10-13/h6-10,14,20H,11-12H2,1-5H3,(H,19,22)/t14-/m0/s1. The Kier molecular flexibility index (Phi) is 6.33. The van der Waals surface area contributed by atoms with E-state index in [1.807, 2.05) is 65.0 Å². The third-order valence-corrected chi connectivity index (χ3v) is 4.39. The molecule has 2 N–H and O–H groups in total. The van der Waals surface area contributed by atoms with Gasteiger partial charge in [-0.3, -0.25) is 4.79 Å². The van der Waals surface area contributed by atoms with Crippen LogP contribution in [-0.4, -0.2) is 29.6 Å². The van der Waals surface area contributed by atoms with Crippen molar-refractivity contribution in [3.8, 4) is 0 Å². The first-order valence-corrected chi connectivity index (χ1v) is 7.72. The Hall–Kier alpha value is -1.88. The molecule has 0 fully saturated rings. The Morgan fingerprint density at radius 3 is 2.22 bits per heavy atom. The maximum Gasteiger partial charge on any atom is 0.337 e. The predicted octanol–water partition coefficient (Wildman–Crippen LogP) is 2.28. The van der Waals surface area contributed by atoms with Crippen molar-refractivity contribution in [3.63, 3.8) is 0 Å². The van der Waals surface area contributed by atoms with E-state index in [4.69, 9.17) is 4.74 Å². The lowest BCUT2D eigenvalue weighted by Gasteiger charge is -2.37. The molecule has 0 aromatic heterocycles. The largest absolute Gasteiger partial charge is 0.459 e. The third kappa shape index (κ3) is 5.36. The fourth-order valence-electron chi connectivity index (χ4n) is 1.66. The van der Waals surface area contributed by atoms with E-state index in [2.05, 4.69) is 5.32 Å². The SMILES string of the molecule is CC(C)(C)C(C)(C)C(=O)NC[C@H](O)C(=O)OCc1ccccc1. The van der Waals surface area contributed by atoms with Gasteiger partial charge in [-0.1, -0.05) is 65.0 Å². The van der Waals surface area contributed by atoms with Crippen molar-refractivity contribution < 1.29 is 19.4 Å². The second-order valence-electron chi connectivity index (χ2n) is 7.19. The first-order chi connectivity index (χ1) is 10.6. The van der Waals surface area contributed by atoms with E-state index in [0.29, 0.717) is 0 Å². The molecule has 128 valence electrons. The summed E-state index contributed by atoms with van der Waals surface area (Å²) >= 11 is 0.